The summed E-state index contributed by atoms with van der Waals surface area (Å²) in [6.45, 7) is 9.33. The molecule has 3 atom stereocenters. The maximum absolute atomic E-state index is 11.5. The van der Waals surface area contributed by atoms with Gasteiger partial charge in [0.2, 0.25) is 0 Å². The molecule has 0 aromatic heterocycles. The molecule has 2 rings (SSSR count). The number of carbonyl (C=O) groups is 2. The molecule has 28 heavy (non-hydrogen) atoms. The SMILES string of the molecule is CC(=O)O[C@H]1Cc2c(cccc2OC[C@@H](O)CNC(C)(C)C)C[C@H]1OC(C)=O. The van der Waals surface area contributed by atoms with Crippen LogP contribution in [0.15, 0.2) is 18.2 Å². The molecule has 0 saturated heterocycles. The number of esters is 2. The van der Waals surface area contributed by atoms with Gasteiger partial charge >= 0.3 is 11.9 Å². The average molecular weight is 393 g/mol. The Kier molecular flexibility index (Phi) is 7.43. The molecule has 7 heteroatoms. The van der Waals surface area contributed by atoms with Crippen molar-refractivity contribution in [2.75, 3.05) is 13.2 Å². The van der Waals surface area contributed by atoms with Gasteiger partial charge in [0.1, 0.15) is 30.7 Å². The van der Waals surface area contributed by atoms with Crippen LogP contribution in [-0.2, 0) is 31.9 Å². The largest absolute Gasteiger partial charge is 0.491 e. The van der Waals surface area contributed by atoms with Crippen LogP contribution in [0.2, 0.25) is 0 Å². The van der Waals surface area contributed by atoms with Gasteiger partial charge in [-0.3, -0.25) is 9.59 Å². The van der Waals surface area contributed by atoms with E-state index in [1.165, 1.54) is 13.8 Å². The van der Waals surface area contributed by atoms with Crippen LogP contribution in [0, 0.1) is 0 Å². The second kappa shape index (κ2) is 9.39. The Labute approximate surface area is 166 Å². The summed E-state index contributed by atoms with van der Waals surface area (Å²) < 4.78 is 16.6. The van der Waals surface area contributed by atoms with E-state index in [0.29, 0.717) is 25.1 Å². The number of aliphatic hydroxyl groups excluding tert-OH is 1. The molecule has 0 aliphatic heterocycles. The van der Waals surface area contributed by atoms with Gasteiger partial charge in [0.25, 0.3) is 0 Å². The van der Waals surface area contributed by atoms with E-state index >= 15 is 0 Å². The summed E-state index contributed by atoms with van der Waals surface area (Å²) in [6.07, 6.45) is -0.911. The Bertz CT molecular complexity index is 697. The van der Waals surface area contributed by atoms with Gasteiger partial charge in [0, 0.05) is 44.3 Å². The standard InChI is InChI=1S/C21H31NO6/c1-13(23)27-19-9-15-7-6-8-18(17(15)10-20(19)28-14(2)24)26-12-16(25)11-22-21(3,4)5/h6-8,16,19-20,22,25H,9-12H2,1-5H3/t16-,19+,20-/m0/s1. The first-order valence-corrected chi connectivity index (χ1v) is 9.56. The lowest BCUT2D eigenvalue weighted by atomic mass is 9.87. The van der Waals surface area contributed by atoms with Crippen molar-refractivity contribution in [1.82, 2.24) is 5.32 Å². The quantitative estimate of drug-likeness (QED) is 0.682. The van der Waals surface area contributed by atoms with E-state index in [-0.39, 0.29) is 12.1 Å². The smallest absolute Gasteiger partial charge is 0.303 e. The molecule has 0 unspecified atom stereocenters. The van der Waals surface area contributed by atoms with E-state index in [1.807, 2.05) is 39.0 Å². The lowest BCUT2D eigenvalue weighted by Crippen LogP contribution is -2.42. The van der Waals surface area contributed by atoms with Gasteiger partial charge in [-0.05, 0) is 32.4 Å². The lowest BCUT2D eigenvalue weighted by Gasteiger charge is -2.32. The fourth-order valence-electron chi connectivity index (χ4n) is 3.18. The summed E-state index contributed by atoms with van der Waals surface area (Å²) in [4.78, 5) is 22.9. The molecule has 0 spiro atoms. The van der Waals surface area contributed by atoms with Gasteiger partial charge in [-0.25, -0.2) is 0 Å². The summed E-state index contributed by atoms with van der Waals surface area (Å²) >= 11 is 0. The van der Waals surface area contributed by atoms with Gasteiger partial charge in [-0.15, -0.1) is 0 Å². The van der Waals surface area contributed by atoms with Crippen LogP contribution < -0.4 is 10.1 Å². The predicted molar refractivity (Wildman–Crippen MR) is 104 cm³/mol. The molecule has 0 bridgehead atoms. The zero-order valence-electron chi connectivity index (χ0n) is 17.3. The minimum Gasteiger partial charge on any atom is -0.491 e. The van der Waals surface area contributed by atoms with Crippen molar-refractivity contribution in [3.8, 4) is 5.75 Å². The van der Waals surface area contributed by atoms with Crippen LogP contribution in [0.25, 0.3) is 0 Å². The number of hydrogen-bond acceptors (Lipinski definition) is 7. The molecular weight excluding hydrogens is 362 g/mol. The summed E-state index contributed by atoms with van der Waals surface area (Å²) in [5.41, 5.74) is 1.80. The molecule has 2 N–H and O–H groups in total. The van der Waals surface area contributed by atoms with Crippen molar-refractivity contribution < 1.29 is 28.9 Å². The van der Waals surface area contributed by atoms with Crippen LogP contribution in [0.4, 0.5) is 0 Å². The van der Waals surface area contributed by atoms with Crippen LogP contribution >= 0.6 is 0 Å². The number of carbonyl (C=O) groups excluding carboxylic acids is 2. The molecule has 1 aromatic rings. The zero-order valence-corrected chi connectivity index (χ0v) is 17.3. The van der Waals surface area contributed by atoms with Crippen LogP contribution in [-0.4, -0.2) is 54.0 Å². The van der Waals surface area contributed by atoms with Crippen molar-refractivity contribution >= 4 is 11.9 Å². The number of benzene rings is 1. The second-order valence-electron chi connectivity index (χ2n) is 8.19. The third-order valence-electron chi connectivity index (χ3n) is 4.41. The highest BCUT2D eigenvalue weighted by Crippen LogP contribution is 2.32. The van der Waals surface area contributed by atoms with Gasteiger partial charge in [-0.2, -0.15) is 0 Å². The van der Waals surface area contributed by atoms with Gasteiger partial charge in [0.15, 0.2) is 0 Å². The maximum atomic E-state index is 11.5. The lowest BCUT2D eigenvalue weighted by molar-refractivity contribution is -0.166. The molecule has 7 nitrogen and oxygen atoms in total. The number of aliphatic hydroxyl groups is 1. The van der Waals surface area contributed by atoms with Gasteiger partial charge < -0.3 is 24.6 Å². The number of ether oxygens (including phenoxy) is 3. The second-order valence-corrected chi connectivity index (χ2v) is 8.19. The minimum atomic E-state index is -0.656. The van der Waals surface area contributed by atoms with E-state index in [9.17, 15) is 14.7 Å². The molecule has 1 aliphatic rings. The van der Waals surface area contributed by atoms with Crippen molar-refractivity contribution in [2.24, 2.45) is 0 Å². The Morgan fingerprint density at radius 2 is 1.75 bits per heavy atom. The first kappa shape index (κ1) is 22.2. The highest BCUT2D eigenvalue weighted by atomic mass is 16.6. The molecule has 1 aliphatic carbocycles. The molecular formula is C21H31NO6. The van der Waals surface area contributed by atoms with Crippen molar-refractivity contribution in [2.45, 2.75) is 71.3 Å². The fraction of sp³-hybridized carbons (Fsp3) is 0.619. The van der Waals surface area contributed by atoms with E-state index < -0.39 is 30.3 Å². The van der Waals surface area contributed by atoms with E-state index in [0.717, 1.165) is 11.1 Å². The highest BCUT2D eigenvalue weighted by molar-refractivity contribution is 5.67. The molecule has 156 valence electrons. The normalized spacial score (nSPS) is 20.1. The molecule has 0 amide bonds. The Morgan fingerprint density at radius 1 is 1.14 bits per heavy atom. The predicted octanol–water partition coefficient (Wildman–Crippen LogP) is 1.78. The molecule has 0 heterocycles. The van der Waals surface area contributed by atoms with Crippen molar-refractivity contribution in [1.29, 1.82) is 0 Å². The minimum absolute atomic E-state index is 0.0874. The van der Waals surface area contributed by atoms with Crippen molar-refractivity contribution in [3.63, 3.8) is 0 Å². The average Bonchev–Trinajstić information content (AvgIpc) is 2.57. The maximum Gasteiger partial charge on any atom is 0.303 e. The Balaban J connectivity index is 2.10. The summed E-state index contributed by atoms with van der Waals surface area (Å²) in [5.74, 6) is -0.189. The first-order valence-electron chi connectivity index (χ1n) is 9.56. The number of β-amino-alcohol motifs (C(OH)–C–C–N with tert-alkyl or cyclic N) is 1. The Hall–Kier alpha value is -2.12. The number of hydrogen-bond donors (Lipinski definition) is 2. The van der Waals surface area contributed by atoms with E-state index in [4.69, 9.17) is 14.2 Å². The molecule has 0 fully saturated rings. The summed E-state index contributed by atoms with van der Waals surface area (Å²) in [5, 5.41) is 13.4. The fourth-order valence-corrected chi connectivity index (χ4v) is 3.18. The van der Waals surface area contributed by atoms with Gasteiger partial charge in [0.05, 0.1) is 0 Å². The summed E-state index contributed by atoms with van der Waals surface area (Å²) in [6, 6.07) is 5.64. The number of fused-ring (bicyclic) bond motifs is 1. The van der Waals surface area contributed by atoms with E-state index in [1.54, 1.807) is 0 Å². The highest BCUT2D eigenvalue weighted by Gasteiger charge is 2.34. The van der Waals surface area contributed by atoms with Gasteiger partial charge in [-0.1, -0.05) is 12.1 Å². The van der Waals surface area contributed by atoms with Crippen molar-refractivity contribution in [3.05, 3.63) is 29.3 Å². The van der Waals surface area contributed by atoms with E-state index in [2.05, 4.69) is 5.32 Å². The Morgan fingerprint density at radius 3 is 2.32 bits per heavy atom. The number of rotatable bonds is 7. The molecule has 1 aromatic carbocycles. The third kappa shape index (κ3) is 6.80. The van der Waals surface area contributed by atoms with Crippen LogP contribution in [0.5, 0.6) is 5.75 Å². The zero-order chi connectivity index (χ0) is 20.9. The van der Waals surface area contributed by atoms with Crippen LogP contribution in [0.1, 0.15) is 45.7 Å². The monoisotopic (exact) mass is 393 g/mol. The third-order valence-corrected chi connectivity index (χ3v) is 4.41. The number of nitrogens with one attached hydrogen (secondary N) is 1. The topological polar surface area (TPSA) is 94.1 Å². The molecule has 0 saturated carbocycles. The first-order chi connectivity index (χ1) is 13.0. The van der Waals surface area contributed by atoms with Crippen LogP contribution in [0.3, 0.4) is 0 Å². The molecule has 0 radical (unpaired) electrons. The summed E-state index contributed by atoms with van der Waals surface area (Å²) in [7, 11) is 0.